The maximum Gasteiger partial charge on any atom is 0.157 e. The second-order valence-corrected chi connectivity index (χ2v) is 8.86. The summed E-state index contributed by atoms with van der Waals surface area (Å²) in [4.78, 5) is 11.1. The molecule has 0 aliphatic carbocycles. The zero-order chi connectivity index (χ0) is 19.7. The Hall–Kier alpha value is -3.10. The van der Waals surface area contributed by atoms with E-state index < -0.39 is 0 Å². The normalized spacial score (nSPS) is 11.3. The van der Waals surface area contributed by atoms with Crippen molar-refractivity contribution in [1.82, 2.24) is 14.4 Å². The van der Waals surface area contributed by atoms with Gasteiger partial charge in [-0.05, 0) is 57.5 Å². The highest BCUT2D eigenvalue weighted by molar-refractivity contribution is 7.16. The highest BCUT2D eigenvalue weighted by Crippen LogP contribution is 2.34. The van der Waals surface area contributed by atoms with Gasteiger partial charge in [-0.15, -0.1) is 11.3 Å². The van der Waals surface area contributed by atoms with Crippen LogP contribution < -0.4 is 5.32 Å². The summed E-state index contributed by atoms with van der Waals surface area (Å²) in [5.41, 5.74) is 3.92. The van der Waals surface area contributed by atoms with Crippen molar-refractivity contribution in [2.75, 3.05) is 5.32 Å². The molecule has 0 atom stereocenters. The molecule has 0 radical (unpaired) electrons. The van der Waals surface area contributed by atoms with Crippen LogP contribution in [-0.2, 0) is 0 Å². The summed E-state index contributed by atoms with van der Waals surface area (Å²) in [6.07, 6.45) is 5.49. The van der Waals surface area contributed by atoms with Crippen LogP contribution in [0.25, 0.3) is 16.2 Å². The molecule has 1 aromatic carbocycles. The number of aryl methyl sites for hydroxylation is 1. The van der Waals surface area contributed by atoms with Crippen LogP contribution in [0.2, 0.25) is 0 Å². The molecule has 4 nitrogen and oxygen atoms in total. The van der Waals surface area contributed by atoms with Crippen LogP contribution in [0.5, 0.6) is 0 Å². The van der Waals surface area contributed by atoms with E-state index in [4.69, 9.17) is 4.98 Å². The summed E-state index contributed by atoms with van der Waals surface area (Å²) in [5, 5.41) is 3.59. The maximum absolute atomic E-state index is 4.81. The van der Waals surface area contributed by atoms with Crippen LogP contribution in [-0.4, -0.2) is 19.9 Å². The lowest BCUT2D eigenvalue weighted by molar-refractivity contribution is 0.629. The molecule has 0 aliphatic rings. The zero-order valence-electron chi connectivity index (χ0n) is 16.4. The van der Waals surface area contributed by atoms with Crippen LogP contribution in [0.3, 0.4) is 0 Å². The first-order chi connectivity index (χ1) is 13.4. The molecule has 4 rings (SSSR count). The third-order valence-electron chi connectivity index (χ3n) is 4.11. The van der Waals surface area contributed by atoms with Crippen molar-refractivity contribution in [3.05, 3.63) is 71.0 Å². The summed E-state index contributed by atoms with van der Waals surface area (Å²) < 4.78 is 2.05. The molecule has 0 amide bonds. The first-order valence-electron chi connectivity index (χ1n) is 9.18. The lowest BCUT2D eigenvalue weighted by Crippen LogP contribution is -2.27. The Morgan fingerprint density at radius 3 is 2.75 bits per heavy atom. The molecule has 0 bridgehead atoms. The van der Waals surface area contributed by atoms with Gasteiger partial charge in [-0.25, -0.2) is 4.98 Å². The molecule has 0 fully saturated rings. The minimum Gasteiger partial charge on any atom is -0.365 e. The topological polar surface area (TPSA) is 42.2 Å². The van der Waals surface area contributed by atoms with Crippen LogP contribution in [0.4, 0.5) is 5.82 Å². The van der Waals surface area contributed by atoms with E-state index in [1.807, 2.05) is 22.7 Å². The minimum atomic E-state index is -0.0843. The number of hydrogen-bond donors (Lipinski definition) is 1. The second kappa shape index (κ2) is 7.14. The van der Waals surface area contributed by atoms with Crippen LogP contribution in [0, 0.1) is 18.8 Å². The van der Waals surface area contributed by atoms with Gasteiger partial charge in [0.05, 0.1) is 16.0 Å². The van der Waals surface area contributed by atoms with Gasteiger partial charge < -0.3 is 5.32 Å². The molecule has 28 heavy (non-hydrogen) atoms. The molecule has 140 valence electrons. The minimum absolute atomic E-state index is 0.0843. The molecule has 1 N–H and O–H groups in total. The van der Waals surface area contributed by atoms with E-state index in [0.29, 0.717) is 0 Å². The van der Waals surface area contributed by atoms with Gasteiger partial charge in [0, 0.05) is 23.5 Å². The molecular weight excluding hydrogens is 364 g/mol. The second-order valence-electron chi connectivity index (χ2n) is 7.77. The van der Waals surface area contributed by atoms with Crippen molar-refractivity contribution >= 4 is 22.8 Å². The first kappa shape index (κ1) is 18.3. The van der Waals surface area contributed by atoms with Gasteiger partial charge in [-0.2, -0.15) is 0 Å². The van der Waals surface area contributed by atoms with Crippen LogP contribution in [0.1, 0.15) is 36.8 Å². The smallest absolute Gasteiger partial charge is 0.157 e. The first-order valence-corrected chi connectivity index (χ1v) is 10.00. The van der Waals surface area contributed by atoms with E-state index in [0.717, 1.165) is 32.5 Å². The molecule has 3 heterocycles. The summed E-state index contributed by atoms with van der Waals surface area (Å²) in [5.74, 6) is 7.51. The number of anilines is 1. The zero-order valence-corrected chi connectivity index (χ0v) is 17.3. The average molecular weight is 387 g/mol. The quantitative estimate of drug-likeness (QED) is 0.471. The maximum atomic E-state index is 4.81. The van der Waals surface area contributed by atoms with Crippen LogP contribution >= 0.6 is 11.3 Å². The van der Waals surface area contributed by atoms with Crippen molar-refractivity contribution < 1.29 is 0 Å². The van der Waals surface area contributed by atoms with Gasteiger partial charge in [0.2, 0.25) is 0 Å². The number of thiophene rings is 1. The number of nitrogens with one attached hydrogen (secondary N) is 1. The Kier molecular flexibility index (Phi) is 4.66. The van der Waals surface area contributed by atoms with Gasteiger partial charge in [0.25, 0.3) is 0 Å². The summed E-state index contributed by atoms with van der Waals surface area (Å²) >= 11 is 1.65. The molecule has 0 saturated heterocycles. The molecule has 0 unspecified atom stereocenters. The fourth-order valence-electron chi connectivity index (χ4n) is 2.94. The van der Waals surface area contributed by atoms with Gasteiger partial charge in [-0.1, -0.05) is 24.0 Å². The number of rotatable bonds is 2. The number of nitrogens with zero attached hydrogens (tertiary/aromatic N) is 3. The fourth-order valence-corrected chi connectivity index (χ4v) is 3.79. The number of fused-ring (bicyclic) bond motifs is 1. The lowest BCUT2D eigenvalue weighted by atomic mass is 10.1. The highest BCUT2D eigenvalue weighted by Gasteiger charge is 2.20. The van der Waals surface area contributed by atoms with Gasteiger partial charge in [0.1, 0.15) is 11.5 Å². The van der Waals surface area contributed by atoms with Gasteiger partial charge in [-0.3, -0.25) is 9.38 Å². The Balaban J connectivity index is 1.73. The largest absolute Gasteiger partial charge is 0.365 e. The third-order valence-corrected chi connectivity index (χ3v) is 5.12. The standard InChI is InChI=1S/C23H22N4S/c1-16-6-5-7-17(14-16)8-9-18-10-11-19(28-18)21-22(26-23(2,3)4)27-13-12-24-15-20(27)25-21/h5-7,10-15,26H,1-4H3. The molecule has 0 spiro atoms. The van der Waals surface area contributed by atoms with E-state index in [1.54, 1.807) is 23.7 Å². The Labute approximate surface area is 169 Å². The number of imidazole rings is 1. The van der Waals surface area contributed by atoms with E-state index >= 15 is 0 Å². The molecule has 4 aromatic rings. The van der Waals surface area contributed by atoms with Crippen molar-refractivity contribution in [1.29, 1.82) is 0 Å². The number of hydrogen-bond acceptors (Lipinski definition) is 4. The molecule has 0 aliphatic heterocycles. The van der Waals surface area contributed by atoms with Crippen molar-refractivity contribution in [2.45, 2.75) is 33.2 Å². The lowest BCUT2D eigenvalue weighted by Gasteiger charge is -2.22. The Bertz CT molecular complexity index is 1200. The summed E-state index contributed by atoms with van der Waals surface area (Å²) in [7, 11) is 0. The third kappa shape index (κ3) is 3.92. The Morgan fingerprint density at radius 2 is 1.96 bits per heavy atom. The monoisotopic (exact) mass is 386 g/mol. The number of benzene rings is 1. The van der Waals surface area contributed by atoms with Gasteiger partial charge >= 0.3 is 0 Å². The molecule has 5 heteroatoms. The predicted octanol–water partition coefficient (Wildman–Crippen LogP) is 5.38. The van der Waals surface area contributed by atoms with E-state index in [1.165, 1.54) is 5.56 Å². The average Bonchev–Trinajstić information content (AvgIpc) is 3.24. The SMILES string of the molecule is Cc1cccc(C#Cc2ccc(-c3nc4cnccn4c3NC(C)(C)C)s2)c1. The molecule has 0 saturated carbocycles. The van der Waals surface area contributed by atoms with Crippen molar-refractivity contribution in [3.63, 3.8) is 0 Å². The van der Waals surface area contributed by atoms with E-state index in [2.05, 4.69) is 74.1 Å². The Morgan fingerprint density at radius 1 is 1.11 bits per heavy atom. The molecular formula is C23H22N4S. The molecule has 3 aromatic heterocycles. The number of aromatic nitrogens is 3. The van der Waals surface area contributed by atoms with E-state index in [9.17, 15) is 0 Å². The summed E-state index contributed by atoms with van der Waals surface area (Å²) in [6, 6.07) is 12.4. The van der Waals surface area contributed by atoms with Crippen LogP contribution in [0.15, 0.2) is 55.0 Å². The predicted molar refractivity (Wildman–Crippen MR) is 117 cm³/mol. The summed E-state index contributed by atoms with van der Waals surface area (Å²) in [6.45, 7) is 8.51. The van der Waals surface area contributed by atoms with Crippen molar-refractivity contribution in [3.8, 4) is 22.4 Å². The fraction of sp³-hybridized carbons (Fsp3) is 0.217. The van der Waals surface area contributed by atoms with E-state index in [-0.39, 0.29) is 5.54 Å². The van der Waals surface area contributed by atoms with Crippen molar-refractivity contribution in [2.24, 2.45) is 0 Å². The highest BCUT2D eigenvalue weighted by atomic mass is 32.1. The van der Waals surface area contributed by atoms with Gasteiger partial charge in [0.15, 0.2) is 5.65 Å².